The van der Waals surface area contributed by atoms with Crippen molar-refractivity contribution < 1.29 is 9.53 Å². The van der Waals surface area contributed by atoms with Gasteiger partial charge >= 0.3 is 6.09 Å². The van der Waals surface area contributed by atoms with Crippen molar-refractivity contribution in [3.63, 3.8) is 0 Å². The van der Waals surface area contributed by atoms with Crippen molar-refractivity contribution in [2.24, 2.45) is 0 Å². The number of alkyl carbamates (subject to hydrolysis) is 1. The predicted octanol–water partition coefficient (Wildman–Crippen LogP) is 1.43. The van der Waals surface area contributed by atoms with E-state index in [0.717, 1.165) is 0 Å². The van der Waals surface area contributed by atoms with E-state index in [1.165, 1.54) is 0 Å². The quantitative estimate of drug-likeness (QED) is 0.802. The minimum atomic E-state index is -0.414. The van der Waals surface area contributed by atoms with Crippen LogP contribution in [0.2, 0.25) is 5.15 Å². The number of nitrogens with two attached hydrogens (primary N) is 1. The maximum Gasteiger partial charge on any atom is 0.407 e. The highest BCUT2D eigenvalue weighted by Crippen LogP contribution is 2.23. The molecule has 1 aromatic rings. The van der Waals surface area contributed by atoms with E-state index in [-0.39, 0.29) is 17.6 Å². The summed E-state index contributed by atoms with van der Waals surface area (Å²) in [5.41, 5.74) is 5.22. The Morgan fingerprint density at radius 3 is 2.70 bits per heavy atom. The number of carbonyl (C=O) groups is 1. The molecule has 0 aliphatic carbocycles. The van der Waals surface area contributed by atoms with Gasteiger partial charge in [0.05, 0.1) is 13.1 Å². The minimum Gasteiger partial charge on any atom is -0.442 e. The summed E-state index contributed by atoms with van der Waals surface area (Å²) in [6, 6.07) is 1.63. The van der Waals surface area contributed by atoms with E-state index < -0.39 is 6.09 Å². The normalized spacial score (nSPS) is 15.7. The maximum atomic E-state index is 11.6. The van der Waals surface area contributed by atoms with Gasteiger partial charge in [0.15, 0.2) is 0 Å². The van der Waals surface area contributed by atoms with Crippen molar-refractivity contribution in [2.45, 2.75) is 32.4 Å². The Morgan fingerprint density at radius 2 is 2.15 bits per heavy atom. The number of aromatic nitrogens is 2. The molecular formula is C12H18ClN5O2. The van der Waals surface area contributed by atoms with Crippen LogP contribution in [0.25, 0.3) is 0 Å². The lowest BCUT2D eigenvalue weighted by molar-refractivity contribution is 0.0753. The average Bonchev–Trinajstić information content (AvgIpc) is 2.18. The standard InChI is InChI=1S/C12H18ClN5O2/c1-12(2,3)17-11(19)20-7-5-18(6-7)9-4-8(13)15-10(14)16-9/h4,7H,5-6H2,1-3H3,(H,17,19)(H2,14,15,16). The third kappa shape index (κ3) is 3.86. The van der Waals surface area contributed by atoms with Gasteiger partial charge in [0.25, 0.3) is 0 Å². The van der Waals surface area contributed by atoms with Gasteiger partial charge in [-0.2, -0.15) is 4.98 Å². The van der Waals surface area contributed by atoms with E-state index >= 15 is 0 Å². The molecule has 0 atom stereocenters. The Balaban J connectivity index is 1.84. The van der Waals surface area contributed by atoms with Crippen molar-refractivity contribution in [3.8, 4) is 0 Å². The van der Waals surface area contributed by atoms with Crippen LogP contribution in [0.5, 0.6) is 0 Å². The maximum absolute atomic E-state index is 11.6. The van der Waals surface area contributed by atoms with Gasteiger partial charge in [-0.1, -0.05) is 11.6 Å². The van der Waals surface area contributed by atoms with Crippen molar-refractivity contribution in [2.75, 3.05) is 23.7 Å². The SMILES string of the molecule is CC(C)(C)NC(=O)OC1CN(c2cc(Cl)nc(N)n2)C1. The first-order valence-electron chi connectivity index (χ1n) is 6.27. The lowest BCUT2D eigenvalue weighted by Crippen LogP contribution is -2.55. The zero-order chi connectivity index (χ0) is 14.9. The summed E-state index contributed by atoms with van der Waals surface area (Å²) >= 11 is 5.82. The molecule has 2 rings (SSSR count). The van der Waals surface area contributed by atoms with Gasteiger partial charge in [0, 0.05) is 11.6 Å². The fourth-order valence-electron chi connectivity index (χ4n) is 1.77. The number of carbonyl (C=O) groups excluding carboxylic acids is 1. The van der Waals surface area contributed by atoms with Crippen molar-refractivity contribution >= 4 is 29.5 Å². The monoisotopic (exact) mass is 299 g/mol. The molecule has 1 aliphatic rings. The molecule has 0 aromatic carbocycles. The van der Waals surface area contributed by atoms with Crippen molar-refractivity contribution in [1.82, 2.24) is 15.3 Å². The summed E-state index contributed by atoms with van der Waals surface area (Å²) in [6.45, 7) is 6.81. The van der Waals surface area contributed by atoms with E-state index in [1.54, 1.807) is 6.07 Å². The van der Waals surface area contributed by atoms with Crippen LogP contribution in [0.1, 0.15) is 20.8 Å². The number of ether oxygens (including phenoxy) is 1. The molecule has 20 heavy (non-hydrogen) atoms. The minimum absolute atomic E-state index is 0.127. The van der Waals surface area contributed by atoms with E-state index in [4.69, 9.17) is 22.1 Å². The van der Waals surface area contributed by atoms with Crippen LogP contribution in [-0.2, 0) is 4.74 Å². The number of anilines is 2. The molecule has 110 valence electrons. The van der Waals surface area contributed by atoms with Gasteiger partial charge in [-0.15, -0.1) is 0 Å². The molecule has 0 unspecified atom stereocenters. The van der Waals surface area contributed by atoms with Crippen LogP contribution in [0.15, 0.2) is 6.07 Å². The second-order valence-corrected chi connectivity index (χ2v) is 6.10. The lowest BCUT2D eigenvalue weighted by atomic mass is 10.1. The lowest BCUT2D eigenvalue weighted by Gasteiger charge is -2.39. The number of nitrogens with zero attached hydrogens (tertiary/aromatic N) is 3. The first-order chi connectivity index (χ1) is 9.23. The topological polar surface area (TPSA) is 93.4 Å². The Labute approximate surface area is 122 Å². The van der Waals surface area contributed by atoms with Gasteiger partial charge in [0.2, 0.25) is 5.95 Å². The zero-order valence-corrected chi connectivity index (χ0v) is 12.4. The predicted molar refractivity (Wildman–Crippen MR) is 76.8 cm³/mol. The molecule has 1 aliphatic heterocycles. The number of nitrogens with one attached hydrogen (secondary N) is 1. The number of rotatable bonds is 2. The molecular weight excluding hydrogens is 282 g/mol. The number of halogens is 1. The van der Waals surface area contributed by atoms with Crippen molar-refractivity contribution in [3.05, 3.63) is 11.2 Å². The molecule has 2 heterocycles. The number of amides is 1. The molecule has 1 aromatic heterocycles. The molecule has 7 nitrogen and oxygen atoms in total. The van der Waals surface area contributed by atoms with Gasteiger partial charge in [-0.05, 0) is 20.8 Å². The zero-order valence-electron chi connectivity index (χ0n) is 11.7. The second kappa shape index (κ2) is 5.32. The molecule has 0 radical (unpaired) electrons. The smallest absolute Gasteiger partial charge is 0.407 e. The molecule has 1 fully saturated rings. The summed E-state index contributed by atoms with van der Waals surface area (Å²) < 4.78 is 5.28. The van der Waals surface area contributed by atoms with Crippen LogP contribution in [0, 0.1) is 0 Å². The Bertz CT molecular complexity index is 491. The number of hydrogen-bond acceptors (Lipinski definition) is 6. The molecule has 3 N–H and O–H groups in total. The molecule has 0 saturated carbocycles. The number of nitrogen functional groups attached to an aromatic ring is 1. The highest BCUT2D eigenvalue weighted by Gasteiger charge is 2.32. The van der Waals surface area contributed by atoms with Gasteiger partial charge < -0.3 is 20.7 Å². The summed E-state index contributed by atoms with van der Waals surface area (Å²) in [6.07, 6.45) is -0.574. The van der Waals surface area contributed by atoms with Crippen LogP contribution in [0.3, 0.4) is 0 Å². The third-order valence-electron chi connectivity index (χ3n) is 2.62. The fourth-order valence-corrected chi connectivity index (χ4v) is 1.96. The average molecular weight is 300 g/mol. The Morgan fingerprint density at radius 1 is 1.50 bits per heavy atom. The van der Waals surface area contributed by atoms with Gasteiger partial charge in [-0.3, -0.25) is 0 Å². The van der Waals surface area contributed by atoms with Gasteiger partial charge in [-0.25, -0.2) is 9.78 Å². The summed E-state index contributed by atoms with van der Waals surface area (Å²) in [5.74, 6) is 0.765. The van der Waals surface area contributed by atoms with Crippen LogP contribution in [-0.4, -0.2) is 40.8 Å². The number of hydrogen-bond donors (Lipinski definition) is 2. The summed E-state index contributed by atoms with van der Waals surface area (Å²) in [5, 5.41) is 3.04. The highest BCUT2D eigenvalue weighted by molar-refractivity contribution is 6.29. The van der Waals surface area contributed by atoms with E-state index in [9.17, 15) is 4.79 Å². The summed E-state index contributed by atoms with van der Waals surface area (Å²) in [4.78, 5) is 21.4. The Hall–Kier alpha value is -1.76. The van der Waals surface area contributed by atoms with E-state index in [1.807, 2.05) is 25.7 Å². The van der Waals surface area contributed by atoms with E-state index in [2.05, 4.69) is 15.3 Å². The highest BCUT2D eigenvalue weighted by atomic mass is 35.5. The largest absolute Gasteiger partial charge is 0.442 e. The van der Waals surface area contributed by atoms with Crippen LogP contribution in [0.4, 0.5) is 16.6 Å². The molecule has 8 heteroatoms. The van der Waals surface area contributed by atoms with Crippen LogP contribution >= 0.6 is 11.6 Å². The van der Waals surface area contributed by atoms with Crippen LogP contribution < -0.4 is 16.0 Å². The fraction of sp³-hybridized carbons (Fsp3) is 0.583. The summed E-state index contributed by atoms with van der Waals surface area (Å²) in [7, 11) is 0. The van der Waals surface area contributed by atoms with Gasteiger partial charge in [0.1, 0.15) is 17.1 Å². The molecule has 1 saturated heterocycles. The molecule has 1 amide bonds. The first kappa shape index (κ1) is 14.6. The first-order valence-corrected chi connectivity index (χ1v) is 6.64. The Kier molecular flexibility index (Phi) is 3.89. The third-order valence-corrected chi connectivity index (χ3v) is 2.82. The molecule has 0 spiro atoms. The molecule has 0 bridgehead atoms. The second-order valence-electron chi connectivity index (χ2n) is 5.71. The van der Waals surface area contributed by atoms with Crippen molar-refractivity contribution in [1.29, 1.82) is 0 Å². The van der Waals surface area contributed by atoms with E-state index in [0.29, 0.717) is 24.1 Å².